The second-order valence-electron chi connectivity index (χ2n) is 6.53. The molecular formula is C22H21NO5S2. The molecule has 0 aromatic heterocycles. The van der Waals surface area contributed by atoms with E-state index in [1.807, 2.05) is 37.3 Å². The van der Waals surface area contributed by atoms with Crippen LogP contribution in [0.3, 0.4) is 0 Å². The predicted molar refractivity (Wildman–Crippen MR) is 120 cm³/mol. The van der Waals surface area contributed by atoms with Crippen molar-refractivity contribution in [3.05, 3.63) is 64.1 Å². The van der Waals surface area contributed by atoms with Crippen LogP contribution in [-0.2, 0) is 20.9 Å². The van der Waals surface area contributed by atoms with Gasteiger partial charge in [0.25, 0.3) is 5.91 Å². The number of hydrogen-bond donors (Lipinski definition) is 0. The van der Waals surface area contributed by atoms with Crippen LogP contribution in [0.2, 0.25) is 0 Å². The highest BCUT2D eigenvalue weighted by molar-refractivity contribution is 8.26. The molecule has 0 spiro atoms. The van der Waals surface area contributed by atoms with Crippen LogP contribution in [0.25, 0.3) is 6.08 Å². The van der Waals surface area contributed by atoms with Crippen molar-refractivity contribution in [2.45, 2.75) is 13.5 Å². The van der Waals surface area contributed by atoms with Gasteiger partial charge in [-0.05, 0) is 36.3 Å². The molecule has 0 radical (unpaired) electrons. The summed E-state index contributed by atoms with van der Waals surface area (Å²) in [7, 11) is 2.83. The average Bonchev–Trinajstić information content (AvgIpc) is 3.00. The molecule has 1 fully saturated rings. The van der Waals surface area contributed by atoms with Gasteiger partial charge in [0, 0.05) is 0 Å². The maximum atomic E-state index is 12.6. The Hall–Kier alpha value is -2.84. The third-order valence-corrected chi connectivity index (χ3v) is 5.77. The zero-order valence-electron chi connectivity index (χ0n) is 16.8. The second-order valence-corrected chi connectivity index (χ2v) is 8.20. The van der Waals surface area contributed by atoms with Crippen molar-refractivity contribution in [3.63, 3.8) is 0 Å². The number of rotatable bonds is 7. The van der Waals surface area contributed by atoms with Crippen molar-refractivity contribution in [1.82, 2.24) is 4.90 Å². The van der Waals surface area contributed by atoms with E-state index in [1.54, 1.807) is 25.3 Å². The Kier molecular flexibility index (Phi) is 7.12. The van der Waals surface area contributed by atoms with Gasteiger partial charge in [0.05, 0.1) is 19.1 Å². The van der Waals surface area contributed by atoms with Crippen LogP contribution in [0, 0.1) is 6.92 Å². The lowest BCUT2D eigenvalue weighted by molar-refractivity contribution is -0.143. The van der Waals surface area contributed by atoms with E-state index in [2.05, 4.69) is 4.74 Å². The van der Waals surface area contributed by atoms with E-state index in [0.717, 1.165) is 22.9 Å². The van der Waals surface area contributed by atoms with Gasteiger partial charge >= 0.3 is 5.97 Å². The number of ether oxygens (including phenoxy) is 3. The number of thiocarbonyl (C=S) groups is 1. The van der Waals surface area contributed by atoms with Crippen molar-refractivity contribution in [1.29, 1.82) is 0 Å². The third kappa shape index (κ3) is 5.20. The highest BCUT2D eigenvalue weighted by Crippen LogP contribution is 2.35. The smallest absolute Gasteiger partial charge is 0.325 e. The van der Waals surface area contributed by atoms with Crippen molar-refractivity contribution in [2.75, 3.05) is 20.8 Å². The monoisotopic (exact) mass is 443 g/mol. The highest BCUT2D eigenvalue weighted by atomic mass is 32.2. The molecule has 156 valence electrons. The first-order valence-corrected chi connectivity index (χ1v) is 10.3. The number of esters is 1. The summed E-state index contributed by atoms with van der Waals surface area (Å²) in [4.78, 5) is 25.7. The summed E-state index contributed by atoms with van der Waals surface area (Å²) < 4.78 is 16.3. The molecule has 1 amide bonds. The van der Waals surface area contributed by atoms with Crippen molar-refractivity contribution < 1.29 is 23.8 Å². The van der Waals surface area contributed by atoms with Gasteiger partial charge in [-0.15, -0.1) is 0 Å². The fourth-order valence-electron chi connectivity index (χ4n) is 2.72. The molecule has 2 aromatic carbocycles. The molecule has 30 heavy (non-hydrogen) atoms. The lowest BCUT2D eigenvalue weighted by Gasteiger charge is -2.12. The maximum Gasteiger partial charge on any atom is 0.325 e. The van der Waals surface area contributed by atoms with E-state index < -0.39 is 5.97 Å². The molecule has 2 aromatic rings. The zero-order chi connectivity index (χ0) is 21.7. The van der Waals surface area contributed by atoms with Gasteiger partial charge < -0.3 is 14.2 Å². The second kappa shape index (κ2) is 9.77. The van der Waals surface area contributed by atoms with Gasteiger partial charge in [-0.2, -0.15) is 0 Å². The largest absolute Gasteiger partial charge is 0.493 e. The summed E-state index contributed by atoms with van der Waals surface area (Å²) in [6.07, 6.45) is 1.71. The Balaban J connectivity index is 1.74. The van der Waals surface area contributed by atoms with Gasteiger partial charge in [-0.25, -0.2) is 0 Å². The fraction of sp³-hybridized carbons (Fsp3) is 0.227. The molecule has 3 rings (SSSR count). The number of carbonyl (C=O) groups excluding carboxylic acids is 2. The summed E-state index contributed by atoms with van der Waals surface area (Å²) in [5.41, 5.74) is 3.01. The maximum absolute atomic E-state index is 12.6. The quantitative estimate of drug-likeness (QED) is 0.365. The number of aryl methyl sites for hydroxylation is 1. The molecule has 1 saturated heterocycles. The number of hydrogen-bond acceptors (Lipinski definition) is 7. The molecule has 6 nitrogen and oxygen atoms in total. The summed E-state index contributed by atoms with van der Waals surface area (Å²) in [6.45, 7) is 2.26. The number of amides is 1. The lowest BCUT2D eigenvalue weighted by Crippen LogP contribution is -2.33. The van der Waals surface area contributed by atoms with E-state index in [0.29, 0.717) is 27.3 Å². The van der Waals surface area contributed by atoms with Crippen molar-refractivity contribution in [2.24, 2.45) is 0 Å². The van der Waals surface area contributed by atoms with Gasteiger partial charge in [-0.1, -0.05) is 59.9 Å². The fourth-order valence-corrected chi connectivity index (χ4v) is 3.98. The van der Waals surface area contributed by atoms with Gasteiger partial charge in [0.2, 0.25) is 0 Å². The molecule has 8 heteroatoms. The third-order valence-electron chi connectivity index (χ3n) is 4.39. The van der Waals surface area contributed by atoms with Crippen LogP contribution in [0.5, 0.6) is 11.5 Å². The molecule has 0 saturated carbocycles. The lowest BCUT2D eigenvalue weighted by atomic mass is 10.1. The molecule has 0 N–H and O–H groups in total. The first kappa shape index (κ1) is 21.9. The molecule has 1 heterocycles. The van der Waals surface area contributed by atoms with Crippen LogP contribution >= 0.6 is 24.0 Å². The van der Waals surface area contributed by atoms with E-state index in [4.69, 9.17) is 21.7 Å². The molecule has 1 aliphatic rings. The van der Waals surface area contributed by atoms with Crippen molar-refractivity contribution >= 4 is 46.3 Å². The van der Waals surface area contributed by atoms with Crippen LogP contribution in [0.15, 0.2) is 47.4 Å². The first-order chi connectivity index (χ1) is 14.4. The summed E-state index contributed by atoms with van der Waals surface area (Å²) in [5.74, 6) is 0.313. The van der Waals surface area contributed by atoms with Gasteiger partial charge in [0.15, 0.2) is 11.5 Å². The standard InChI is InChI=1S/C22H21NO5S2/c1-14-4-6-15(7-5-14)13-28-17-9-8-16(10-18(17)26-2)11-19-21(25)23(22(29)30-19)12-20(24)27-3/h4-11H,12-13H2,1-3H3. The van der Waals surface area contributed by atoms with E-state index in [9.17, 15) is 9.59 Å². The highest BCUT2D eigenvalue weighted by Gasteiger charge is 2.33. The minimum absolute atomic E-state index is 0.201. The molecule has 0 bridgehead atoms. The Bertz CT molecular complexity index is 1000. The molecule has 0 unspecified atom stereocenters. The van der Waals surface area contributed by atoms with Crippen LogP contribution in [-0.4, -0.2) is 41.9 Å². The van der Waals surface area contributed by atoms with Crippen molar-refractivity contribution in [3.8, 4) is 11.5 Å². The summed E-state index contributed by atoms with van der Waals surface area (Å²) in [5, 5.41) is 0. The number of benzene rings is 2. The van der Waals surface area contributed by atoms with Gasteiger partial charge in [-0.3, -0.25) is 14.5 Å². The minimum Gasteiger partial charge on any atom is -0.493 e. The molecule has 1 aliphatic heterocycles. The SMILES string of the molecule is COC(=O)CN1C(=O)C(=Cc2ccc(OCc3ccc(C)cc3)c(OC)c2)SC1=S. The number of carbonyl (C=O) groups is 2. The topological polar surface area (TPSA) is 65.1 Å². The number of nitrogens with zero attached hydrogens (tertiary/aromatic N) is 1. The van der Waals surface area contributed by atoms with E-state index >= 15 is 0 Å². The molecule has 0 atom stereocenters. The molecule has 0 aliphatic carbocycles. The van der Waals surface area contributed by atoms with Crippen LogP contribution in [0.1, 0.15) is 16.7 Å². The Morgan fingerprint density at radius 1 is 1.13 bits per heavy atom. The zero-order valence-corrected chi connectivity index (χ0v) is 18.5. The average molecular weight is 444 g/mol. The minimum atomic E-state index is -0.524. The van der Waals surface area contributed by atoms with Crippen LogP contribution in [0.4, 0.5) is 0 Å². The van der Waals surface area contributed by atoms with E-state index in [-0.39, 0.29) is 12.5 Å². The van der Waals surface area contributed by atoms with E-state index in [1.165, 1.54) is 17.6 Å². The normalized spacial score (nSPS) is 14.9. The summed E-state index contributed by atoms with van der Waals surface area (Å²) >= 11 is 6.35. The number of methoxy groups -OCH3 is 2. The predicted octanol–water partition coefficient (Wildman–Crippen LogP) is 3.96. The van der Waals surface area contributed by atoms with Crippen LogP contribution < -0.4 is 9.47 Å². The Labute approximate surface area is 184 Å². The Morgan fingerprint density at radius 3 is 2.53 bits per heavy atom. The number of thioether (sulfide) groups is 1. The Morgan fingerprint density at radius 2 is 1.87 bits per heavy atom. The molecular weight excluding hydrogens is 422 g/mol. The first-order valence-electron chi connectivity index (χ1n) is 9.10. The van der Waals surface area contributed by atoms with Gasteiger partial charge in [0.1, 0.15) is 17.5 Å². The summed E-state index contributed by atoms with van der Waals surface area (Å²) in [6, 6.07) is 13.5.